The highest BCUT2D eigenvalue weighted by Crippen LogP contribution is 2.40. The van der Waals surface area contributed by atoms with Crippen molar-refractivity contribution in [2.75, 3.05) is 31.2 Å². The molecule has 2 aromatic carbocycles. The first-order valence-corrected chi connectivity index (χ1v) is 9.91. The molecule has 0 unspecified atom stereocenters. The van der Waals surface area contributed by atoms with Gasteiger partial charge in [0.1, 0.15) is 0 Å². The Balaban J connectivity index is 2.04. The van der Waals surface area contributed by atoms with Gasteiger partial charge in [0.2, 0.25) is 9.84 Å². The van der Waals surface area contributed by atoms with Gasteiger partial charge < -0.3 is 9.64 Å². The van der Waals surface area contributed by atoms with Gasteiger partial charge in [-0.2, -0.15) is 8.78 Å². The Morgan fingerprint density at radius 3 is 2.32 bits per heavy atom. The van der Waals surface area contributed by atoms with Crippen molar-refractivity contribution in [3.8, 4) is 0 Å². The predicted octanol–water partition coefficient (Wildman–Crippen LogP) is 3.81. The zero-order valence-electron chi connectivity index (χ0n) is 13.2. The van der Waals surface area contributed by atoms with Gasteiger partial charge in [-0.3, -0.25) is 0 Å². The Bertz CT molecular complexity index is 853. The van der Waals surface area contributed by atoms with Crippen LogP contribution < -0.4 is 4.90 Å². The Labute approximate surface area is 153 Å². The molecule has 1 aliphatic rings. The number of morpholine rings is 1. The lowest BCUT2D eigenvalue weighted by molar-refractivity contribution is 0.0905. The molecule has 2 aromatic rings. The van der Waals surface area contributed by atoms with Crippen molar-refractivity contribution in [1.29, 1.82) is 0 Å². The molecule has 1 aliphatic heterocycles. The lowest BCUT2D eigenvalue weighted by Gasteiger charge is -2.29. The molecule has 0 saturated carbocycles. The van der Waals surface area contributed by atoms with Crippen molar-refractivity contribution in [2.45, 2.75) is 10.2 Å². The van der Waals surface area contributed by atoms with Crippen LogP contribution in [-0.4, -0.2) is 34.7 Å². The number of sulfone groups is 1. The molecule has 1 saturated heterocycles. The molecule has 0 aliphatic carbocycles. The molecule has 0 spiro atoms. The molecular weight excluding hydrogens is 416 g/mol. The molecule has 25 heavy (non-hydrogen) atoms. The maximum atomic E-state index is 14.7. The Kier molecular flexibility index (Phi) is 5.13. The highest BCUT2D eigenvalue weighted by atomic mass is 79.9. The van der Waals surface area contributed by atoms with Crippen molar-refractivity contribution < 1.29 is 21.9 Å². The minimum absolute atomic E-state index is 0.419. The van der Waals surface area contributed by atoms with Crippen molar-refractivity contribution in [3.05, 3.63) is 58.6 Å². The second-order valence-electron chi connectivity index (χ2n) is 5.63. The van der Waals surface area contributed by atoms with Gasteiger partial charge in [0, 0.05) is 28.8 Å². The maximum Gasteiger partial charge on any atom is 0.375 e. The topological polar surface area (TPSA) is 46.6 Å². The maximum absolute atomic E-state index is 14.7. The lowest BCUT2D eigenvalue weighted by Crippen LogP contribution is -2.36. The first-order chi connectivity index (χ1) is 11.8. The number of rotatable bonds is 4. The van der Waals surface area contributed by atoms with Crippen LogP contribution in [0.4, 0.5) is 14.5 Å². The van der Waals surface area contributed by atoms with Gasteiger partial charge in [-0.1, -0.05) is 46.3 Å². The van der Waals surface area contributed by atoms with Crippen molar-refractivity contribution in [3.63, 3.8) is 0 Å². The average molecular weight is 432 g/mol. The molecule has 0 bridgehead atoms. The summed E-state index contributed by atoms with van der Waals surface area (Å²) in [5.74, 6) is 0. The summed E-state index contributed by atoms with van der Waals surface area (Å²) < 4.78 is 60.3. The summed E-state index contributed by atoms with van der Waals surface area (Å²) in [6.45, 7) is 2.17. The zero-order chi connectivity index (χ0) is 18.1. The summed E-state index contributed by atoms with van der Waals surface area (Å²) in [5, 5.41) is -4.02. The largest absolute Gasteiger partial charge is 0.378 e. The minimum Gasteiger partial charge on any atom is -0.378 e. The molecule has 0 aromatic heterocycles. The monoisotopic (exact) mass is 431 g/mol. The van der Waals surface area contributed by atoms with Gasteiger partial charge in [-0.15, -0.1) is 0 Å². The number of benzene rings is 2. The van der Waals surface area contributed by atoms with E-state index in [1.54, 1.807) is 12.1 Å². The van der Waals surface area contributed by atoms with Crippen molar-refractivity contribution >= 4 is 31.5 Å². The fraction of sp³-hybridized carbons (Fsp3) is 0.294. The Morgan fingerprint density at radius 1 is 1.04 bits per heavy atom. The van der Waals surface area contributed by atoms with Gasteiger partial charge in [0.05, 0.1) is 18.1 Å². The van der Waals surface area contributed by atoms with Gasteiger partial charge in [0.15, 0.2) is 0 Å². The second kappa shape index (κ2) is 7.01. The zero-order valence-corrected chi connectivity index (χ0v) is 15.6. The van der Waals surface area contributed by atoms with E-state index in [-0.39, 0.29) is 0 Å². The van der Waals surface area contributed by atoms with E-state index < -0.39 is 25.6 Å². The molecule has 3 rings (SSSR count). The summed E-state index contributed by atoms with van der Waals surface area (Å²) in [7, 11) is -4.90. The van der Waals surface area contributed by atoms with Crippen LogP contribution in [0, 0.1) is 0 Å². The number of anilines is 1. The molecule has 1 fully saturated rings. The molecule has 0 amide bonds. The minimum atomic E-state index is -4.90. The predicted molar refractivity (Wildman–Crippen MR) is 94.7 cm³/mol. The number of ether oxygens (including phenoxy) is 1. The number of nitrogens with zero attached hydrogens (tertiary/aromatic N) is 1. The summed E-state index contributed by atoms with van der Waals surface area (Å²) >= 11 is 3.23. The average Bonchev–Trinajstić information content (AvgIpc) is 2.62. The van der Waals surface area contributed by atoms with Crippen LogP contribution in [0.15, 0.2) is 57.9 Å². The smallest absolute Gasteiger partial charge is 0.375 e. The third-order valence-electron chi connectivity index (χ3n) is 3.99. The van der Waals surface area contributed by atoms with E-state index in [2.05, 4.69) is 15.9 Å². The van der Waals surface area contributed by atoms with Gasteiger partial charge >= 0.3 is 5.25 Å². The normalized spacial score (nSPS) is 16.0. The number of hydrogen-bond acceptors (Lipinski definition) is 4. The molecule has 8 heteroatoms. The van der Waals surface area contributed by atoms with E-state index in [1.165, 1.54) is 24.3 Å². The fourth-order valence-corrected chi connectivity index (χ4v) is 4.58. The summed E-state index contributed by atoms with van der Waals surface area (Å²) in [6.07, 6.45) is 0. The number of halogens is 3. The summed E-state index contributed by atoms with van der Waals surface area (Å²) in [4.78, 5) is 1.49. The molecule has 134 valence electrons. The van der Waals surface area contributed by atoms with Crippen LogP contribution >= 0.6 is 15.9 Å². The third kappa shape index (κ3) is 3.56. The fourth-order valence-electron chi connectivity index (χ4n) is 2.64. The highest BCUT2D eigenvalue weighted by Gasteiger charge is 2.47. The van der Waals surface area contributed by atoms with E-state index in [0.717, 1.165) is 12.1 Å². The highest BCUT2D eigenvalue weighted by molar-refractivity contribution is 9.10. The molecular formula is C17H16BrF2NO3S. The van der Waals surface area contributed by atoms with E-state index in [9.17, 15) is 17.2 Å². The standard InChI is InChI=1S/C17H16BrF2NO3S/c18-14-10-15(21-6-8-24-9-7-21)12-16(11-14)25(22,23)17(19,20)13-4-2-1-3-5-13/h1-5,10-12H,6-9H2. The SMILES string of the molecule is O=S(=O)(c1cc(Br)cc(N2CCOCC2)c1)C(F)(F)c1ccccc1. The van der Waals surface area contributed by atoms with Crippen LogP contribution in [0.5, 0.6) is 0 Å². The van der Waals surface area contributed by atoms with Crippen LogP contribution in [0.2, 0.25) is 0 Å². The van der Waals surface area contributed by atoms with E-state index in [4.69, 9.17) is 4.74 Å². The lowest BCUT2D eigenvalue weighted by atomic mass is 10.2. The van der Waals surface area contributed by atoms with Gasteiger partial charge in [0.25, 0.3) is 0 Å². The Morgan fingerprint density at radius 2 is 1.68 bits per heavy atom. The van der Waals surface area contributed by atoms with Gasteiger partial charge in [-0.05, 0) is 18.2 Å². The third-order valence-corrected chi connectivity index (χ3v) is 6.21. The van der Waals surface area contributed by atoms with Crippen LogP contribution in [0.3, 0.4) is 0 Å². The summed E-state index contributed by atoms with van der Waals surface area (Å²) in [6, 6.07) is 10.8. The van der Waals surface area contributed by atoms with Crippen LogP contribution in [-0.2, 0) is 19.8 Å². The van der Waals surface area contributed by atoms with Crippen LogP contribution in [0.25, 0.3) is 0 Å². The summed E-state index contributed by atoms with van der Waals surface area (Å²) in [5.41, 5.74) is 0.0167. The molecule has 1 heterocycles. The first-order valence-electron chi connectivity index (χ1n) is 7.63. The van der Waals surface area contributed by atoms with Gasteiger partial charge in [-0.25, -0.2) is 8.42 Å². The quantitative estimate of drug-likeness (QED) is 0.738. The van der Waals surface area contributed by atoms with Crippen molar-refractivity contribution in [1.82, 2.24) is 0 Å². The molecule has 0 N–H and O–H groups in total. The molecule has 0 atom stereocenters. The van der Waals surface area contributed by atoms with Crippen molar-refractivity contribution in [2.24, 2.45) is 0 Å². The molecule has 0 radical (unpaired) electrons. The first kappa shape index (κ1) is 18.3. The van der Waals surface area contributed by atoms with Crippen LogP contribution in [0.1, 0.15) is 5.56 Å². The van der Waals surface area contributed by atoms with E-state index in [1.807, 2.05) is 4.90 Å². The number of alkyl halides is 2. The Hall–Kier alpha value is -1.51. The van der Waals surface area contributed by atoms with E-state index >= 15 is 0 Å². The second-order valence-corrected chi connectivity index (χ2v) is 8.54. The van der Waals surface area contributed by atoms with E-state index in [0.29, 0.717) is 36.5 Å². The number of hydrogen-bond donors (Lipinski definition) is 0. The molecule has 4 nitrogen and oxygen atoms in total.